The largest absolute Gasteiger partial charge is 0.308 e. The predicted octanol–water partition coefficient (Wildman–Crippen LogP) is 31.9. The fourth-order valence-corrected chi connectivity index (χ4v) is 23.7. The SMILES string of the molecule is c1ccc(-c2cc(-c3ccc(-n4c5ccccc5c5c6ccccc6c6c7ccccc7sc6c54)cc3)cc(-c3ccccn3)n2)nc1.c1ccc(-c2nc(-n3c4ccccc4c4c5ccccc5c5c6ccccc6sc5c43)nc3ccccc23)cc1.c1ccc2nc(-c3ccc(-n4c5ccccc5c5c6ccccc6c6c7ccccc7sc6c54)cc3)ccc2c1. The molecule has 0 unspecified atom stereocenters. The molecule has 0 fully saturated rings. The van der Waals surface area contributed by atoms with E-state index in [0.29, 0.717) is 5.95 Å². The summed E-state index contributed by atoms with van der Waals surface area (Å²) in [4.78, 5) is 29.6. The molecule has 17 aromatic carbocycles. The summed E-state index contributed by atoms with van der Waals surface area (Å²) in [5, 5.41) is 25.5. The Morgan fingerprint density at radius 1 is 0.203 bits per heavy atom. The third-order valence-corrected chi connectivity index (χ3v) is 29.0. The van der Waals surface area contributed by atoms with Gasteiger partial charge >= 0.3 is 0 Å². The normalized spacial score (nSPS) is 11.9. The highest BCUT2D eigenvalue weighted by Crippen LogP contribution is 2.53. The first kappa shape index (κ1) is 73.3. The molecule has 0 bridgehead atoms. The van der Waals surface area contributed by atoms with Gasteiger partial charge in [-0.05, 0) is 159 Å². The van der Waals surface area contributed by atoms with Crippen molar-refractivity contribution in [2.75, 3.05) is 0 Å². The fourth-order valence-electron chi connectivity index (χ4n) is 19.9. The zero-order chi connectivity index (χ0) is 84.0. The van der Waals surface area contributed by atoms with E-state index >= 15 is 0 Å². The molecule has 0 aliphatic heterocycles. The Labute approximate surface area is 744 Å². The Morgan fingerprint density at radius 3 is 1.03 bits per heavy atom. The summed E-state index contributed by atoms with van der Waals surface area (Å²) in [6, 6.07) is 145. The number of pyridine rings is 4. The van der Waals surface area contributed by atoms with Crippen LogP contribution in [0.15, 0.2) is 419 Å². The van der Waals surface area contributed by atoms with E-state index in [9.17, 15) is 0 Å². The van der Waals surface area contributed by atoms with Crippen molar-refractivity contribution < 1.29 is 0 Å². The van der Waals surface area contributed by atoms with Crippen LogP contribution in [0.4, 0.5) is 0 Å². The van der Waals surface area contributed by atoms with Gasteiger partial charge in [0.2, 0.25) is 5.95 Å². The second-order valence-corrected chi connectivity index (χ2v) is 35.7. The first-order valence-electron chi connectivity index (χ1n) is 43.0. The van der Waals surface area contributed by atoms with E-state index in [0.717, 1.165) is 95.1 Å². The predicted molar refractivity (Wildman–Crippen MR) is 542 cm³/mol. The Balaban J connectivity index is 0.000000102. The molecule has 0 saturated heterocycles. The van der Waals surface area contributed by atoms with Crippen LogP contribution < -0.4 is 0 Å². The van der Waals surface area contributed by atoms with Gasteiger partial charge in [-0.25, -0.2) is 19.9 Å². The molecule has 28 aromatic rings. The smallest absolute Gasteiger partial charge is 0.235 e. The molecule has 0 N–H and O–H groups in total. The monoisotopic (exact) mass is 1680 g/mol. The van der Waals surface area contributed by atoms with Gasteiger partial charge in [-0.2, -0.15) is 0 Å². The number of thiophene rings is 3. The molecule has 0 radical (unpaired) electrons. The molecule has 0 amide bonds. The van der Waals surface area contributed by atoms with Gasteiger partial charge in [-0.1, -0.05) is 291 Å². The third-order valence-electron chi connectivity index (χ3n) is 25.5. The summed E-state index contributed by atoms with van der Waals surface area (Å²) in [7, 11) is 0. The first-order valence-corrected chi connectivity index (χ1v) is 45.5. The lowest BCUT2D eigenvalue weighted by atomic mass is 9.99. The van der Waals surface area contributed by atoms with Crippen molar-refractivity contribution >= 4 is 214 Å². The van der Waals surface area contributed by atoms with Crippen molar-refractivity contribution in [3.05, 3.63) is 419 Å². The Bertz CT molecular complexity index is 9340. The average Bonchev–Trinajstić information content (AvgIpc) is 1.55. The second kappa shape index (κ2) is 29.8. The molecule has 0 spiro atoms. The number of hydrogen-bond donors (Lipinski definition) is 0. The number of nitrogens with zero attached hydrogens (tertiary/aromatic N) is 9. The molecular weight excluding hydrogens is 1620 g/mol. The highest BCUT2D eigenvalue weighted by molar-refractivity contribution is 7.28. The van der Waals surface area contributed by atoms with Crippen molar-refractivity contribution in [2.45, 2.75) is 0 Å². The number of hydrogen-bond acceptors (Lipinski definition) is 9. The van der Waals surface area contributed by atoms with Crippen LogP contribution in [0.3, 0.4) is 0 Å². The quantitative estimate of drug-likeness (QED) is 0.150. The van der Waals surface area contributed by atoms with Gasteiger partial charge in [-0.3, -0.25) is 14.5 Å². The third kappa shape index (κ3) is 11.7. The Hall–Kier alpha value is -16.2. The van der Waals surface area contributed by atoms with E-state index in [2.05, 4.69) is 382 Å². The molecule has 0 saturated carbocycles. The number of fused-ring (bicyclic) bond motifs is 32. The van der Waals surface area contributed by atoms with Gasteiger partial charge in [0.05, 0.1) is 92.4 Å². The minimum atomic E-state index is 0.692. The van der Waals surface area contributed by atoms with Crippen molar-refractivity contribution in [2.24, 2.45) is 0 Å². The molecule has 0 aliphatic carbocycles. The van der Waals surface area contributed by atoms with Gasteiger partial charge in [0.25, 0.3) is 0 Å². The van der Waals surface area contributed by atoms with Crippen LogP contribution in [0.5, 0.6) is 0 Å². The summed E-state index contributed by atoms with van der Waals surface area (Å²) < 4.78 is 15.1. The number of rotatable bonds is 8. The maximum atomic E-state index is 5.31. The molecule has 596 valence electrons. The van der Waals surface area contributed by atoms with Crippen molar-refractivity contribution in [3.63, 3.8) is 0 Å². The lowest BCUT2D eigenvalue weighted by molar-refractivity contribution is 1.02. The van der Waals surface area contributed by atoms with Crippen LogP contribution in [0, 0.1) is 0 Å². The molecule has 12 heteroatoms. The fraction of sp³-hybridized carbons (Fsp3) is 0. The van der Waals surface area contributed by atoms with Crippen LogP contribution >= 0.6 is 34.0 Å². The van der Waals surface area contributed by atoms with E-state index < -0.39 is 0 Å². The Morgan fingerprint density at radius 2 is 0.570 bits per heavy atom. The molecule has 11 heterocycles. The summed E-state index contributed by atoms with van der Waals surface area (Å²) in [5.74, 6) is 0.692. The van der Waals surface area contributed by atoms with E-state index in [-0.39, 0.29) is 0 Å². The maximum Gasteiger partial charge on any atom is 0.235 e. The molecular formula is C116H69N9S3. The molecule has 0 aliphatic rings. The van der Waals surface area contributed by atoms with Crippen LogP contribution in [0.2, 0.25) is 0 Å². The van der Waals surface area contributed by atoms with Gasteiger partial charge in [-0.15, -0.1) is 34.0 Å². The van der Waals surface area contributed by atoms with Gasteiger partial charge in [0.1, 0.15) is 0 Å². The van der Waals surface area contributed by atoms with E-state index in [1.165, 1.54) is 153 Å². The van der Waals surface area contributed by atoms with Crippen molar-refractivity contribution in [1.82, 2.24) is 43.6 Å². The lowest BCUT2D eigenvalue weighted by Gasteiger charge is -2.12. The van der Waals surface area contributed by atoms with E-state index in [1.807, 2.05) is 82.5 Å². The van der Waals surface area contributed by atoms with Crippen LogP contribution in [-0.2, 0) is 0 Å². The topological polar surface area (TPSA) is 92.1 Å². The van der Waals surface area contributed by atoms with Crippen molar-refractivity contribution in [1.29, 1.82) is 0 Å². The minimum absolute atomic E-state index is 0.692. The first-order chi connectivity index (χ1) is 63.5. The molecule has 11 aromatic heterocycles. The average molecular weight is 1690 g/mol. The van der Waals surface area contributed by atoms with Crippen LogP contribution in [-0.4, -0.2) is 43.6 Å². The number of benzene rings is 17. The number of para-hydroxylation sites is 5. The Kier molecular flexibility index (Phi) is 17.1. The van der Waals surface area contributed by atoms with Gasteiger partial charge in [0.15, 0.2) is 0 Å². The lowest BCUT2D eigenvalue weighted by Crippen LogP contribution is -2.03. The summed E-state index contributed by atoms with van der Waals surface area (Å²) >= 11 is 5.65. The highest BCUT2D eigenvalue weighted by atomic mass is 32.1. The maximum absolute atomic E-state index is 5.31. The summed E-state index contributed by atoms with van der Waals surface area (Å²) in [6.07, 6.45) is 3.61. The van der Waals surface area contributed by atoms with Crippen molar-refractivity contribution in [3.8, 4) is 73.7 Å². The minimum Gasteiger partial charge on any atom is -0.308 e. The van der Waals surface area contributed by atoms with Gasteiger partial charge < -0.3 is 9.13 Å². The molecule has 9 nitrogen and oxygen atoms in total. The van der Waals surface area contributed by atoms with E-state index in [1.54, 1.807) is 12.4 Å². The standard InChI is InChI=1S/C43H26N4S.C37H22N2S.C36H21N3S/c1-2-12-31-30(11-1)40-32-13-3-5-17-38(32)47(42(40)43-41(31)33-14-4-6-18-39(33)48-43)29-21-19-27(20-22-29)28-25-36(34-15-7-9-23-44-34)46-37(26-28)35-16-8-10-24-45-35;1-6-14-30-23(9-1)19-22-31(38-30)24-17-20-25(21-18-24)39-32-15-7-4-12-28(32)34-26-10-2-3-11-27(26)35-29-13-5-8-16-33(29)40-37(35)36(34)39;1-2-12-22(13-3-1)33-25-16-6-9-19-28(25)37-36(38-33)39-29-20-10-7-17-26(29)31-23-14-4-5-15-24(23)32-27-18-8-11-21-30(27)40-35(32)34(31)39/h1-26H;1-22H;1-21H. The molecule has 0 atom stereocenters. The van der Waals surface area contributed by atoms with Crippen LogP contribution in [0.25, 0.3) is 254 Å². The highest BCUT2D eigenvalue weighted by Gasteiger charge is 2.28. The van der Waals surface area contributed by atoms with E-state index in [4.69, 9.17) is 19.9 Å². The zero-order valence-corrected chi connectivity index (χ0v) is 71.0. The molecule has 128 heavy (non-hydrogen) atoms. The van der Waals surface area contributed by atoms with Gasteiger partial charge in [0, 0.05) is 124 Å². The summed E-state index contributed by atoms with van der Waals surface area (Å²) in [6.45, 7) is 0. The summed E-state index contributed by atoms with van der Waals surface area (Å²) in [5.41, 5.74) is 21.1. The second-order valence-electron chi connectivity index (χ2n) is 32.6. The zero-order valence-electron chi connectivity index (χ0n) is 68.6. The number of aromatic nitrogens is 9. The molecule has 28 rings (SSSR count). The van der Waals surface area contributed by atoms with Crippen LogP contribution in [0.1, 0.15) is 0 Å².